The summed E-state index contributed by atoms with van der Waals surface area (Å²) in [5.41, 5.74) is 5.50. The van der Waals surface area contributed by atoms with Crippen molar-refractivity contribution >= 4 is 34.9 Å². The maximum absolute atomic E-state index is 11.0. The SMILES string of the molecule is NCCC1(CCO)C(=S)N2C(C(=O)O)=CS[C@H]21. The van der Waals surface area contributed by atoms with Gasteiger partial charge in [-0.05, 0) is 19.4 Å². The molecule has 2 rings (SSSR count). The summed E-state index contributed by atoms with van der Waals surface area (Å²) in [7, 11) is 0. The molecule has 2 aliphatic heterocycles. The number of fused-ring (bicyclic) bond motifs is 1. The highest BCUT2D eigenvalue weighted by Crippen LogP contribution is 2.56. The Morgan fingerprint density at radius 3 is 2.88 bits per heavy atom. The predicted molar refractivity (Wildman–Crippen MR) is 69.3 cm³/mol. The van der Waals surface area contributed by atoms with E-state index in [-0.39, 0.29) is 23.1 Å². The van der Waals surface area contributed by atoms with Gasteiger partial charge in [0.1, 0.15) is 5.70 Å². The lowest BCUT2D eigenvalue weighted by atomic mass is 9.73. The first kappa shape index (κ1) is 12.8. The summed E-state index contributed by atoms with van der Waals surface area (Å²) >= 11 is 6.77. The van der Waals surface area contributed by atoms with Crippen LogP contribution in [0.15, 0.2) is 11.1 Å². The van der Waals surface area contributed by atoms with Gasteiger partial charge in [-0.2, -0.15) is 0 Å². The molecule has 7 heteroatoms. The fourth-order valence-electron chi connectivity index (χ4n) is 2.44. The number of aliphatic carboxylic acids is 1. The first-order chi connectivity index (χ1) is 8.08. The van der Waals surface area contributed by atoms with Gasteiger partial charge in [0.15, 0.2) is 0 Å². The number of thiocarbonyl (C=S) groups is 1. The number of hydrogen-bond donors (Lipinski definition) is 3. The van der Waals surface area contributed by atoms with Crippen molar-refractivity contribution in [3.63, 3.8) is 0 Å². The Labute approximate surface area is 109 Å². The highest BCUT2D eigenvalue weighted by molar-refractivity contribution is 8.03. The number of thioether (sulfide) groups is 1. The maximum atomic E-state index is 11.0. The lowest BCUT2D eigenvalue weighted by Gasteiger charge is -2.55. The Hall–Kier alpha value is -0.630. The second-order valence-corrected chi connectivity index (χ2v) is 5.48. The molecule has 2 aliphatic rings. The van der Waals surface area contributed by atoms with E-state index in [2.05, 4.69) is 0 Å². The number of rotatable bonds is 5. The van der Waals surface area contributed by atoms with Gasteiger partial charge in [-0.3, -0.25) is 0 Å². The molecule has 94 valence electrons. The minimum absolute atomic E-state index is 0.0169. The van der Waals surface area contributed by atoms with Gasteiger partial charge in [0.05, 0.1) is 15.8 Å². The second-order valence-electron chi connectivity index (χ2n) is 4.14. The number of nitrogens with zero attached hydrogens (tertiary/aromatic N) is 1. The van der Waals surface area contributed by atoms with Crippen molar-refractivity contribution in [2.45, 2.75) is 18.2 Å². The Morgan fingerprint density at radius 2 is 2.35 bits per heavy atom. The van der Waals surface area contributed by atoms with E-state index in [0.717, 1.165) is 0 Å². The molecule has 0 spiro atoms. The number of hydrogen-bond acceptors (Lipinski definition) is 5. The lowest BCUT2D eigenvalue weighted by Crippen LogP contribution is -2.65. The van der Waals surface area contributed by atoms with Crippen molar-refractivity contribution in [2.75, 3.05) is 13.2 Å². The molecule has 0 bridgehead atoms. The smallest absolute Gasteiger partial charge is 0.353 e. The zero-order valence-electron chi connectivity index (χ0n) is 9.13. The Kier molecular flexibility index (Phi) is 3.44. The zero-order chi connectivity index (χ0) is 12.6. The van der Waals surface area contributed by atoms with Crippen molar-refractivity contribution < 1.29 is 15.0 Å². The van der Waals surface area contributed by atoms with Crippen LogP contribution < -0.4 is 5.73 Å². The molecule has 0 aliphatic carbocycles. The van der Waals surface area contributed by atoms with E-state index < -0.39 is 5.97 Å². The molecule has 2 heterocycles. The van der Waals surface area contributed by atoms with E-state index in [0.29, 0.717) is 24.4 Å². The third-order valence-electron chi connectivity index (χ3n) is 3.29. The predicted octanol–water partition coefficient (Wildman–Crippen LogP) is 0.346. The summed E-state index contributed by atoms with van der Waals surface area (Å²) in [4.78, 5) is 13.3. The molecule has 0 saturated carbocycles. The van der Waals surface area contributed by atoms with Gasteiger partial charge in [0.2, 0.25) is 0 Å². The third kappa shape index (κ3) is 1.69. The minimum Gasteiger partial charge on any atom is -0.477 e. The van der Waals surface area contributed by atoms with E-state index in [1.54, 1.807) is 10.3 Å². The Bertz CT molecular complexity index is 391. The Morgan fingerprint density at radius 1 is 1.65 bits per heavy atom. The molecule has 2 atom stereocenters. The molecule has 0 aromatic rings. The fourth-order valence-corrected chi connectivity index (χ4v) is 4.52. The van der Waals surface area contributed by atoms with Gasteiger partial charge in [-0.15, -0.1) is 11.8 Å². The van der Waals surface area contributed by atoms with Crippen LogP contribution >= 0.6 is 24.0 Å². The molecule has 5 nitrogen and oxygen atoms in total. The van der Waals surface area contributed by atoms with Gasteiger partial charge >= 0.3 is 5.97 Å². The number of aliphatic hydroxyl groups is 1. The van der Waals surface area contributed by atoms with Gasteiger partial charge in [-0.1, -0.05) is 12.2 Å². The maximum Gasteiger partial charge on any atom is 0.353 e. The third-order valence-corrected chi connectivity index (χ3v) is 5.17. The molecule has 0 aromatic heterocycles. The van der Waals surface area contributed by atoms with Crippen molar-refractivity contribution in [2.24, 2.45) is 11.1 Å². The summed E-state index contributed by atoms with van der Waals surface area (Å²) in [6.45, 7) is 0.515. The van der Waals surface area contributed by atoms with Crippen molar-refractivity contribution in [3.8, 4) is 0 Å². The van der Waals surface area contributed by atoms with Crippen LogP contribution in [0.3, 0.4) is 0 Å². The second kappa shape index (κ2) is 4.56. The standard InChI is InChI=1S/C10H14N2O3S2/c11-3-1-10(2-4-13)8(16)12-6(7(14)15)5-17-9(10)12/h5,9,13H,1-4,11H2,(H,14,15)/t9-,10?/m0/s1. The topological polar surface area (TPSA) is 86.8 Å². The number of aliphatic hydroxyl groups excluding tert-OH is 1. The minimum atomic E-state index is -0.965. The normalized spacial score (nSPS) is 30.9. The largest absolute Gasteiger partial charge is 0.477 e. The van der Waals surface area contributed by atoms with Crippen LogP contribution in [0.1, 0.15) is 12.8 Å². The molecular weight excluding hydrogens is 260 g/mol. The molecule has 0 radical (unpaired) electrons. The van der Waals surface area contributed by atoms with Crippen LogP contribution in [-0.2, 0) is 4.79 Å². The first-order valence-electron chi connectivity index (χ1n) is 5.32. The van der Waals surface area contributed by atoms with Gasteiger partial charge < -0.3 is 20.8 Å². The van der Waals surface area contributed by atoms with Crippen LogP contribution in [-0.4, -0.2) is 44.6 Å². The van der Waals surface area contributed by atoms with Crippen LogP contribution in [0.2, 0.25) is 0 Å². The summed E-state index contributed by atoms with van der Waals surface area (Å²) in [5.74, 6) is -0.965. The molecule has 1 unspecified atom stereocenters. The van der Waals surface area contributed by atoms with Gasteiger partial charge in [0.25, 0.3) is 0 Å². The van der Waals surface area contributed by atoms with E-state index in [4.69, 9.17) is 28.2 Å². The van der Waals surface area contributed by atoms with Crippen molar-refractivity contribution in [1.29, 1.82) is 0 Å². The highest BCUT2D eigenvalue weighted by atomic mass is 32.2. The number of carbonyl (C=O) groups is 1. The summed E-state index contributed by atoms with van der Waals surface area (Å²) < 4.78 is 0. The fraction of sp³-hybridized carbons (Fsp3) is 0.600. The quantitative estimate of drug-likeness (QED) is 0.623. The molecule has 17 heavy (non-hydrogen) atoms. The summed E-state index contributed by atoms with van der Waals surface area (Å²) in [6.07, 6.45) is 1.22. The zero-order valence-corrected chi connectivity index (χ0v) is 10.8. The molecule has 4 N–H and O–H groups in total. The van der Waals surface area contributed by atoms with Crippen LogP contribution in [0.5, 0.6) is 0 Å². The monoisotopic (exact) mass is 274 g/mol. The molecule has 0 aromatic carbocycles. The van der Waals surface area contributed by atoms with E-state index in [1.165, 1.54) is 11.8 Å². The number of nitrogens with two attached hydrogens (primary N) is 1. The van der Waals surface area contributed by atoms with Crippen molar-refractivity contribution in [3.05, 3.63) is 11.1 Å². The number of carboxylic acids is 1. The average molecular weight is 274 g/mol. The molecule has 1 fully saturated rings. The Balaban J connectivity index is 2.22. The molecule has 1 saturated heterocycles. The molecule has 0 amide bonds. The van der Waals surface area contributed by atoms with Crippen LogP contribution in [0.4, 0.5) is 0 Å². The lowest BCUT2D eigenvalue weighted by molar-refractivity contribution is -0.134. The molecular formula is C10H14N2O3S2. The summed E-state index contributed by atoms with van der Waals surface area (Å²) in [5, 5.41) is 19.8. The van der Waals surface area contributed by atoms with Crippen LogP contribution in [0.25, 0.3) is 0 Å². The highest BCUT2D eigenvalue weighted by Gasteiger charge is 2.60. The average Bonchev–Trinajstić information content (AvgIpc) is 2.70. The first-order valence-corrected chi connectivity index (χ1v) is 6.67. The van der Waals surface area contributed by atoms with E-state index in [9.17, 15) is 4.79 Å². The van der Waals surface area contributed by atoms with Crippen LogP contribution in [0, 0.1) is 5.41 Å². The van der Waals surface area contributed by atoms with Crippen molar-refractivity contribution in [1.82, 2.24) is 4.90 Å². The van der Waals surface area contributed by atoms with Gasteiger partial charge in [-0.25, -0.2) is 4.79 Å². The summed E-state index contributed by atoms with van der Waals surface area (Å²) in [6, 6.07) is 0. The van der Waals surface area contributed by atoms with E-state index >= 15 is 0 Å². The van der Waals surface area contributed by atoms with Gasteiger partial charge in [0, 0.05) is 12.0 Å². The number of carboxylic acid groups (broad SMARTS) is 1. The van der Waals surface area contributed by atoms with E-state index in [1.807, 2.05) is 0 Å².